The Bertz CT molecular complexity index is 431. The van der Waals surface area contributed by atoms with Crippen molar-refractivity contribution in [1.82, 2.24) is 0 Å². The highest BCUT2D eigenvalue weighted by atomic mass is 19.1. The van der Waals surface area contributed by atoms with Gasteiger partial charge in [-0.15, -0.1) is 0 Å². The Labute approximate surface area is 87.7 Å². The fraction of sp³-hybridized carbons (Fsp3) is 0.250. The molecule has 0 spiro atoms. The smallest absolute Gasteiger partial charge is 0.123 e. The molecule has 0 heterocycles. The van der Waals surface area contributed by atoms with E-state index in [-0.39, 0.29) is 5.82 Å². The summed E-state index contributed by atoms with van der Waals surface area (Å²) in [6.45, 7) is 2.01. The maximum Gasteiger partial charge on any atom is 0.123 e. The predicted octanol–water partition coefficient (Wildman–Crippen LogP) is 3.22. The second kappa shape index (κ2) is 3.85. The molecule has 0 atom stereocenters. The van der Waals surface area contributed by atoms with Crippen LogP contribution in [0.3, 0.4) is 0 Å². The summed E-state index contributed by atoms with van der Waals surface area (Å²) < 4.78 is 12.8. The number of hydrogen-bond acceptors (Lipinski definition) is 2. The molecule has 15 heavy (non-hydrogen) atoms. The zero-order valence-corrected chi connectivity index (χ0v) is 8.50. The van der Waals surface area contributed by atoms with Gasteiger partial charge in [0.15, 0.2) is 0 Å². The minimum Gasteiger partial charge on any atom is -0.411 e. The molecule has 1 aliphatic carbocycles. The number of rotatable bonds is 1. The summed E-state index contributed by atoms with van der Waals surface area (Å²) in [5, 5.41) is 12.1. The van der Waals surface area contributed by atoms with Crippen LogP contribution in [0.5, 0.6) is 0 Å². The zero-order chi connectivity index (χ0) is 10.8. The van der Waals surface area contributed by atoms with Crippen molar-refractivity contribution in [2.24, 2.45) is 5.16 Å². The van der Waals surface area contributed by atoms with E-state index in [2.05, 4.69) is 5.16 Å². The zero-order valence-electron chi connectivity index (χ0n) is 8.50. The average molecular weight is 205 g/mol. The second-order valence-corrected chi connectivity index (χ2v) is 3.71. The van der Waals surface area contributed by atoms with E-state index in [0.29, 0.717) is 5.71 Å². The Balaban J connectivity index is 2.46. The van der Waals surface area contributed by atoms with Crippen LogP contribution in [-0.4, -0.2) is 10.9 Å². The van der Waals surface area contributed by atoms with Gasteiger partial charge in [-0.05, 0) is 37.5 Å². The monoisotopic (exact) mass is 205 g/mol. The predicted molar refractivity (Wildman–Crippen MR) is 57.4 cm³/mol. The summed E-state index contributed by atoms with van der Waals surface area (Å²) in [6, 6.07) is 6.27. The van der Waals surface area contributed by atoms with Crippen molar-refractivity contribution < 1.29 is 9.60 Å². The molecular formula is C12H12FNO. The van der Waals surface area contributed by atoms with Gasteiger partial charge in [-0.25, -0.2) is 4.39 Å². The third-order valence-corrected chi connectivity index (χ3v) is 2.71. The van der Waals surface area contributed by atoms with Crippen LogP contribution in [0.4, 0.5) is 4.39 Å². The molecule has 2 nitrogen and oxygen atoms in total. The van der Waals surface area contributed by atoms with Crippen LogP contribution in [0.25, 0.3) is 5.57 Å². The summed E-state index contributed by atoms with van der Waals surface area (Å²) in [6.07, 6.45) is 1.67. The number of allylic oxidation sites excluding steroid dienone is 2. The lowest BCUT2D eigenvalue weighted by molar-refractivity contribution is 0.319. The summed E-state index contributed by atoms with van der Waals surface area (Å²) >= 11 is 0. The summed E-state index contributed by atoms with van der Waals surface area (Å²) in [5.74, 6) is -0.252. The first-order valence-corrected chi connectivity index (χ1v) is 4.89. The second-order valence-electron chi connectivity index (χ2n) is 3.71. The highest BCUT2D eigenvalue weighted by Crippen LogP contribution is 2.31. The normalized spacial score (nSPS) is 18.9. The Morgan fingerprint density at radius 1 is 1.20 bits per heavy atom. The minimum absolute atomic E-state index is 0.252. The average Bonchev–Trinajstić information content (AvgIpc) is 2.61. The molecule has 1 aliphatic rings. The highest BCUT2D eigenvalue weighted by Gasteiger charge is 2.20. The van der Waals surface area contributed by atoms with Gasteiger partial charge in [-0.2, -0.15) is 0 Å². The minimum atomic E-state index is -0.252. The fourth-order valence-electron chi connectivity index (χ4n) is 1.93. The summed E-state index contributed by atoms with van der Waals surface area (Å²) in [7, 11) is 0. The molecule has 0 aliphatic heterocycles. The first-order valence-electron chi connectivity index (χ1n) is 4.89. The van der Waals surface area contributed by atoms with Crippen molar-refractivity contribution in [1.29, 1.82) is 0 Å². The molecule has 0 radical (unpaired) electrons. The number of hydrogen-bond donors (Lipinski definition) is 1. The molecule has 1 N–H and O–H groups in total. The Morgan fingerprint density at radius 2 is 1.87 bits per heavy atom. The van der Waals surface area contributed by atoms with E-state index in [0.717, 1.165) is 24.0 Å². The molecule has 3 heteroatoms. The van der Waals surface area contributed by atoms with E-state index in [4.69, 9.17) is 5.21 Å². The first kappa shape index (κ1) is 9.90. The molecule has 1 aromatic carbocycles. The van der Waals surface area contributed by atoms with Crippen LogP contribution >= 0.6 is 0 Å². The first-order chi connectivity index (χ1) is 7.22. The van der Waals surface area contributed by atoms with Gasteiger partial charge in [0.25, 0.3) is 0 Å². The molecule has 2 rings (SSSR count). The Kier molecular flexibility index (Phi) is 2.54. The number of benzene rings is 1. The van der Waals surface area contributed by atoms with E-state index in [9.17, 15) is 4.39 Å². The molecule has 0 saturated heterocycles. The molecular weight excluding hydrogens is 193 g/mol. The number of halogens is 1. The standard InChI is InChI=1S/C12H12FNO/c1-8-2-7-11(14-15)12(8)9-3-5-10(13)6-4-9/h3-6,15H,2,7H2,1H3/b14-11-. The van der Waals surface area contributed by atoms with Crippen molar-refractivity contribution in [3.05, 3.63) is 41.2 Å². The molecule has 0 fully saturated rings. The van der Waals surface area contributed by atoms with Crippen LogP contribution in [0.1, 0.15) is 25.3 Å². The van der Waals surface area contributed by atoms with Crippen LogP contribution in [0.15, 0.2) is 35.0 Å². The molecule has 1 aromatic rings. The maximum atomic E-state index is 12.8. The van der Waals surface area contributed by atoms with Gasteiger partial charge in [0.2, 0.25) is 0 Å². The van der Waals surface area contributed by atoms with Gasteiger partial charge >= 0.3 is 0 Å². The molecule has 78 valence electrons. The van der Waals surface area contributed by atoms with Gasteiger partial charge < -0.3 is 5.21 Å². The van der Waals surface area contributed by atoms with Crippen molar-refractivity contribution in [2.75, 3.05) is 0 Å². The van der Waals surface area contributed by atoms with Gasteiger partial charge in [0.1, 0.15) is 5.82 Å². The number of oxime groups is 1. The van der Waals surface area contributed by atoms with Gasteiger partial charge in [0, 0.05) is 5.57 Å². The van der Waals surface area contributed by atoms with Gasteiger partial charge in [0.05, 0.1) is 5.71 Å². The van der Waals surface area contributed by atoms with E-state index in [1.54, 1.807) is 12.1 Å². The maximum absolute atomic E-state index is 12.8. The molecule has 0 aromatic heterocycles. The summed E-state index contributed by atoms with van der Waals surface area (Å²) in [4.78, 5) is 0. The lowest BCUT2D eigenvalue weighted by atomic mass is 10.0. The molecule has 0 amide bonds. The van der Waals surface area contributed by atoms with Gasteiger partial charge in [-0.3, -0.25) is 0 Å². The van der Waals surface area contributed by atoms with Crippen LogP contribution < -0.4 is 0 Å². The Hall–Kier alpha value is -1.64. The van der Waals surface area contributed by atoms with E-state index in [1.807, 2.05) is 6.92 Å². The Morgan fingerprint density at radius 3 is 2.47 bits per heavy atom. The van der Waals surface area contributed by atoms with E-state index < -0.39 is 0 Å². The largest absolute Gasteiger partial charge is 0.411 e. The van der Waals surface area contributed by atoms with Crippen LogP contribution in [0.2, 0.25) is 0 Å². The van der Waals surface area contributed by atoms with Crippen molar-refractivity contribution in [3.8, 4) is 0 Å². The highest BCUT2D eigenvalue weighted by molar-refractivity contribution is 6.26. The molecule has 0 bridgehead atoms. The summed E-state index contributed by atoms with van der Waals surface area (Å²) in [5.41, 5.74) is 3.75. The SMILES string of the molecule is CC1=C(c2ccc(F)cc2)/C(=N\O)CC1. The van der Waals surface area contributed by atoms with E-state index in [1.165, 1.54) is 17.7 Å². The third-order valence-electron chi connectivity index (χ3n) is 2.71. The van der Waals surface area contributed by atoms with Crippen molar-refractivity contribution in [3.63, 3.8) is 0 Å². The lowest BCUT2D eigenvalue weighted by Gasteiger charge is -2.04. The van der Waals surface area contributed by atoms with Crippen molar-refractivity contribution in [2.45, 2.75) is 19.8 Å². The third kappa shape index (κ3) is 1.77. The van der Waals surface area contributed by atoms with Crippen LogP contribution in [-0.2, 0) is 0 Å². The quantitative estimate of drug-likeness (QED) is 0.554. The molecule has 0 unspecified atom stereocenters. The topological polar surface area (TPSA) is 32.6 Å². The lowest BCUT2D eigenvalue weighted by Crippen LogP contribution is -1.96. The van der Waals surface area contributed by atoms with Gasteiger partial charge in [-0.1, -0.05) is 22.9 Å². The van der Waals surface area contributed by atoms with Crippen molar-refractivity contribution >= 4 is 11.3 Å². The molecule has 0 saturated carbocycles. The van der Waals surface area contributed by atoms with Crippen LogP contribution in [0, 0.1) is 5.82 Å². The van der Waals surface area contributed by atoms with E-state index >= 15 is 0 Å². The fourth-order valence-corrected chi connectivity index (χ4v) is 1.93. The number of nitrogens with zero attached hydrogens (tertiary/aromatic N) is 1.